The summed E-state index contributed by atoms with van der Waals surface area (Å²) in [4.78, 5) is 11.6. The lowest BCUT2D eigenvalue weighted by molar-refractivity contribution is -0.124. The van der Waals surface area contributed by atoms with Gasteiger partial charge in [0.1, 0.15) is 0 Å². The summed E-state index contributed by atoms with van der Waals surface area (Å²) in [5.74, 6) is -0.146. The summed E-state index contributed by atoms with van der Waals surface area (Å²) >= 11 is 0. The van der Waals surface area contributed by atoms with Gasteiger partial charge in [0.15, 0.2) is 0 Å². The molecular formula is C15H21ClN4O. The molecule has 6 heteroatoms. The Morgan fingerprint density at radius 3 is 2.71 bits per heavy atom. The van der Waals surface area contributed by atoms with Crippen LogP contribution in [0.25, 0.3) is 5.69 Å². The molecule has 5 nitrogen and oxygen atoms in total. The second-order valence-corrected chi connectivity index (χ2v) is 4.76. The minimum absolute atomic E-state index is 0. The Kier molecular flexibility index (Phi) is 6.91. The molecule has 1 heterocycles. The third kappa shape index (κ3) is 4.88. The molecule has 0 fully saturated rings. The number of hydrogen-bond acceptors (Lipinski definition) is 3. The van der Waals surface area contributed by atoms with E-state index in [4.69, 9.17) is 5.73 Å². The van der Waals surface area contributed by atoms with Crippen molar-refractivity contribution < 1.29 is 4.79 Å². The number of nitrogens with two attached hydrogens (primary N) is 1. The van der Waals surface area contributed by atoms with E-state index in [0.29, 0.717) is 19.5 Å². The molecule has 1 amide bonds. The van der Waals surface area contributed by atoms with Crippen LogP contribution in [0.5, 0.6) is 0 Å². The van der Waals surface area contributed by atoms with Crippen LogP contribution in [-0.4, -0.2) is 28.8 Å². The Hall–Kier alpha value is -1.85. The summed E-state index contributed by atoms with van der Waals surface area (Å²) in [7, 11) is 0. The summed E-state index contributed by atoms with van der Waals surface area (Å²) < 4.78 is 1.83. The second kappa shape index (κ2) is 8.44. The number of hydrogen-bond donors (Lipinski definition) is 2. The van der Waals surface area contributed by atoms with Gasteiger partial charge in [0.2, 0.25) is 5.91 Å². The first-order valence-corrected chi connectivity index (χ1v) is 6.78. The van der Waals surface area contributed by atoms with Crippen molar-refractivity contribution in [3.63, 3.8) is 0 Å². The summed E-state index contributed by atoms with van der Waals surface area (Å²) in [6, 6.07) is 11.9. The van der Waals surface area contributed by atoms with Gasteiger partial charge in [-0.15, -0.1) is 12.4 Å². The highest BCUT2D eigenvalue weighted by Gasteiger charge is 2.09. The average Bonchev–Trinajstić information content (AvgIpc) is 2.96. The lowest BCUT2D eigenvalue weighted by atomic mass is 10.1. The van der Waals surface area contributed by atoms with E-state index >= 15 is 0 Å². The smallest absolute Gasteiger partial charge is 0.224 e. The van der Waals surface area contributed by atoms with Crippen molar-refractivity contribution in [2.75, 3.05) is 13.1 Å². The van der Waals surface area contributed by atoms with Crippen molar-refractivity contribution in [3.05, 3.63) is 48.3 Å². The maximum absolute atomic E-state index is 11.6. The van der Waals surface area contributed by atoms with Crippen LogP contribution in [0.3, 0.4) is 0 Å². The zero-order chi connectivity index (χ0) is 14.4. The molecular weight excluding hydrogens is 288 g/mol. The number of aromatic nitrogens is 2. The molecule has 0 aliphatic carbocycles. The van der Waals surface area contributed by atoms with Gasteiger partial charge in [-0.3, -0.25) is 4.79 Å². The molecule has 114 valence electrons. The van der Waals surface area contributed by atoms with Gasteiger partial charge in [0.25, 0.3) is 0 Å². The van der Waals surface area contributed by atoms with E-state index in [2.05, 4.69) is 10.4 Å². The van der Waals surface area contributed by atoms with Crippen LogP contribution in [0.4, 0.5) is 0 Å². The van der Waals surface area contributed by atoms with Crippen LogP contribution in [0.15, 0.2) is 42.6 Å². The predicted molar refractivity (Wildman–Crippen MR) is 85.7 cm³/mol. The lowest BCUT2D eigenvalue weighted by Gasteiger charge is -2.08. The monoisotopic (exact) mass is 308 g/mol. The largest absolute Gasteiger partial charge is 0.355 e. The summed E-state index contributed by atoms with van der Waals surface area (Å²) in [5, 5.41) is 7.35. The molecule has 21 heavy (non-hydrogen) atoms. The van der Waals surface area contributed by atoms with Crippen molar-refractivity contribution in [1.29, 1.82) is 0 Å². The van der Waals surface area contributed by atoms with E-state index in [9.17, 15) is 4.79 Å². The minimum atomic E-state index is -0.142. The van der Waals surface area contributed by atoms with Gasteiger partial charge >= 0.3 is 0 Å². The van der Waals surface area contributed by atoms with Crippen molar-refractivity contribution in [2.45, 2.75) is 13.3 Å². The maximum Gasteiger partial charge on any atom is 0.224 e. The molecule has 0 spiro atoms. The van der Waals surface area contributed by atoms with Gasteiger partial charge in [0.05, 0.1) is 11.4 Å². The maximum atomic E-state index is 11.6. The zero-order valence-corrected chi connectivity index (χ0v) is 12.8. The van der Waals surface area contributed by atoms with Crippen LogP contribution in [-0.2, 0) is 11.2 Å². The Morgan fingerprint density at radius 2 is 2.05 bits per heavy atom. The summed E-state index contributed by atoms with van der Waals surface area (Å²) in [6.45, 7) is 2.77. The van der Waals surface area contributed by atoms with Gasteiger partial charge in [-0.2, -0.15) is 5.10 Å². The zero-order valence-electron chi connectivity index (χ0n) is 12.0. The fourth-order valence-electron chi connectivity index (χ4n) is 1.81. The van der Waals surface area contributed by atoms with E-state index in [1.807, 2.05) is 54.2 Å². The van der Waals surface area contributed by atoms with Crippen molar-refractivity contribution in [1.82, 2.24) is 15.1 Å². The highest BCUT2D eigenvalue weighted by Crippen LogP contribution is 2.06. The Morgan fingerprint density at radius 1 is 1.33 bits per heavy atom. The van der Waals surface area contributed by atoms with Gasteiger partial charge < -0.3 is 11.1 Å². The fraction of sp³-hybridized carbons (Fsp3) is 0.333. The lowest BCUT2D eigenvalue weighted by Crippen LogP contribution is -2.34. The van der Waals surface area contributed by atoms with E-state index in [-0.39, 0.29) is 24.2 Å². The number of carbonyl (C=O) groups is 1. The van der Waals surface area contributed by atoms with Crippen LogP contribution >= 0.6 is 12.4 Å². The molecule has 0 bridgehead atoms. The number of halogens is 1. The van der Waals surface area contributed by atoms with E-state index in [1.165, 1.54) is 0 Å². The number of benzene rings is 1. The first-order valence-electron chi connectivity index (χ1n) is 6.78. The Bertz CT molecular complexity index is 556. The fourth-order valence-corrected chi connectivity index (χ4v) is 1.81. The van der Waals surface area contributed by atoms with Crippen LogP contribution in [0.2, 0.25) is 0 Å². The molecule has 1 aromatic heterocycles. The van der Waals surface area contributed by atoms with Crippen molar-refractivity contribution in [3.8, 4) is 5.69 Å². The number of nitrogens with one attached hydrogen (secondary N) is 1. The van der Waals surface area contributed by atoms with Crippen LogP contribution in [0.1, 0.15) is 12.6 Å². The first-order chi connectivity index (χ1) is 9.70. The van der Waals surface area contributed by atoms with Gasteiger partial charge in [-0.1, -0.05) is 25.1 Å². The molecule has 1 aromatic carbocycles. The summed E-state index contributed by atoms with van der Waals surface area (Å²) in [5.41, 5.74) is 7.43. The number of rotatable bonds is 6. The molecule has 1 unspecified atom stereocenters. The number of para-hydroxylation sites is 1. The molecule has 0 aliphatic rings. The predicted octanol–water partition coefficient (Wildman–Crippen LogP) is 1.55. The van der Waals surface area contributed by atoms with Crippen molar-refractivity contribution >= 4 is 18.3 Å². The SMILES string of the molecule is CC(CN)C(=O)NCCc1ccn(-c2ccccc2)n1.Cl. The Labute approximate surface area is 130 Å². The van der Waals surface area contributed by atoms with Crippen LogP contribution < -0.4 is 11.1 Å². The molecule has 1 atom stereocenters. The summed E-state index contributed by atoms with van der Waals surface area (Å²) in [6.07, 6.45) is 2.64. The molecule has 0 saturated carbocycles. The molecule has 0 radical (unpaired) electrons. The Balaban J connectivity index is 0.00000220. The third-order valence-electron chi connectivity index (χ3n) is 3.15. The second-order valence-electron chi connectivity index (χ2n) is 4.76. The van der Waals surface area contributed by atoms with Gasteiger partial charge in [-0.05, 0) is 18.2 Å². The minimum Gasteiger partial charge on any atom is -0.355 e. The highest BCUT2D eigenvalue weighted by molar-refractivity contribution is 5.85. The van der Waals surface area contributed by atoms with E-state index in [0.717, 1.165) is 11.4 Å². The third-order valence-corrected chi connectivity index (χ3v) is 3.15. The molecule has 0 saturated heterocycles. The molecule has 2 rings (SSSR count). The van der Waals surface area contributed by atoms with E-state index in [1.54, 1.807) is 0 Å². The average molecular weight is 309 g/mol. The molecule has 3 N–H and O–H groups in total. The van der Waals surface area contributed by atoms with Gasteiger partial charge in [0, 0.05) is 31.6 Å². The normalized spacial score (nSPS) is 11.5. The topological polar surface area (TPSA) is 72.9 Å². The van der Waals surface area contributed by atoms with E-state index < -0.39 is 0 Å². The van der Waals surface area contributed by atoms with Crippen molar-refractivity contribution in [2.24, 2.45) is 11.7 Å². The number of amides is 1. The van der Waals surface area contributed by atoms with Crippen LogP contribution in [0, 0.1) is 5.92 Å². The highest BCUT2D eigenvalue weighted by atomic mass is 35.5. The van der Waals surface area contributed by atoms with Gasteiger partial charge in [-0.25, -0.2) is 4.68 Å². The molecule has 0 aliphatic heterocycles. The number of nitrogens with zero attached hydrogens (tertiary/aromatic N) is 2. The first kappa shape index (κ1) is 17.2. The standard InChI is InChI=1S/C15H20N4O.ClH/c1-12(11-16)15(20)17-9-7-13-8-10-19(18-13)14-5-3-2-4-6-14;/h2-6,8,10,12H,7,9,11,16H2,1H3,(H,17,20);1H. The quantitative estimate of drug-likeness (QED) is 0.850. The molecule has 2 aromatic rings. The number of carbonyl (C=O) groups excluding carboxylic acids is 1.